The molecule has 11 aromatic rings. The highest BCUT2D eigenvalue weighted by molar-refractivity contribution is 7.25. The Morgan fingerprint density at radius 1 is 0.392 bits per heavy atom. The van der Waals surface area contributed by atoms with Crippen molar-refractivity contribution in [1.82, 2.24) is 19.5 Å². The number of aromatic nitrogens is 4. The molecule has 11 rings (SSSR count). The van der Waals surface area contributed by atoms with E-state index in [1.807, 2.05) is 30.3 Å². The van der Waals surface area contributed by atoms with Crippen molar-refractivity contribution < 1.29 is 4.42 Å². The van der Waals surface area contributed by atoms with Gasteiger partial charge in [-0.25, -0.2) is 15.0 Å². The fraction of sp³-hybridized carbons (Fsp3) is 0. The first-order valence-electron chi connectivity index (χ1n) is 16.9. The first-order chi connectivity index (χ1) is 25.2. The predicted octanol–water partition coefficient (Wildman–Crippen LogP) is 12.2. The van der Waals surface area contributed by atoms with Crippen LogP contribution in [0.2, 0.25) is 0 Å². The Hall–Kier alpha value is -6.63. The number of furan rings is 1. The molecule has 51 heavy (non-hydrogen) atoms. The molecule has 0 saturated heterocycles. The van der Waals surface area contributed by atoms with Crippen LogP contribution in [-0.4, -0.2) is 19.5 Å². The van der Waals surface area contributed by atoms with E-state index in [1.54, 1.807) is 11.3 Å². The zero-order valence-corrected chi connectivity index (χ0v) is 27.9. The molecule has 0 aliphatic heterocycles. The molecule has 7 aromatic carbocycles. The average Bonchev–Trinajstić information content (AvgIpc) is 3.86. The third-order valence-electron chi connectivity index (χ3n) is 9.85. The third kappa shape index (κ3) is 4.43. The van der Waals surface area contributed by atoms with E-state index in [-0.39, 0.29) is 0 Å². The van der Waals surface area contributed by atoms with Gasteiger partial charge in [0.1, 0.15) is 11.2 Å². The molecule has 0 spiro atoms. The summed E-state index contributed by atoms with van der Waals surface area (Å²) in [7, 11) is 0. The summed E-state index contributed by atoms with van der Waals surface area (Å²) in [6.07, 6.45) is 0. The Morgan fingerprint density at radius 3 is 1.78 bits per heavy atom. The predicted molar refractivity (Wildman–Crippen MR) is 211 cm³/mol. The van der Waals surface area contributed by atoms with Crippen LogP contribution in [0.4, 0.5) is 0 Å². The van der Waals surface area contributed by atoms with E-state index < -0.39 is 0 Å². The lowest BCUT2D eigenvalue weighted by atomic mass is 10.1. The molecule has 0 saturated carbocycles. The topological polar surface area (TPSA) is 56.7 Å². The number of nitrogens with zero attached hydrogens (tertiary/aromatic N) is 4. The monoisotopic (exact) mass is 670 g/mol. The number of fused-ring (bicyclic) bond motifs is 9. The highest BCUT2D eigenvalue weighted by Crippen LogP contribution is 2.38. The van der Waals surface area contributed by atoms with Crippen LogP contribution in [0.1, 0.15) is 0 Å². The number of thiophene rings is 1. The van der Waals surface area contributed by atoms with E-state index in [4.69, 9.17) is 19.4 Å². The smallest absolute Gasteiger partial charge is 0.164 e. The van der Waals surface area contributed by atoms with Crippen molar-refractivity contribution in [3.05, 3.63) is 158 Å². The molecule has 0 aliphatic rings. The van der Waals surface area contributed by atoms with E-state index >= 15 is 0 Å². The van der Waals surface area contributed by atoms with Crippen molar-refractivity contribution in [1.29, 1.82) is 0 Å². The summed E-state index contributed by atoms with van der Waals surface area (Å²) >= 11 is 1.79. The highest BCUT2D eigenvalue weighted by Gasteiger charge is 2.18. The maximum atomic E-state index is 6.15. The first-order valence-corrected chi connectivity index (χ1v) is 17.8. The Balaban J connectivity index is 1.15. The average molecular weight is 671 g/mol. The van der Waals surface area contributed by atoms with Gasteiger partial charge < -0.3 is 8.98 Å². The molecule has 238 valence electrons. The molecule has 0 bridgehead atoms. The van der Waals surface area contributed by atoms with Crippen LogP contribution in [0.5, 0.6) is 0 Å². The molecule has 6 heteroatoms. The molecule has 0 aliphatic carbocycles. The summed E-state index contributed by atoms with van der Waals surface area (Å²) < 4.78 is 11.0. The van der Waals surface area contributed by atoms with Crippen LogP contribution < -0.4 is 0 Å². The molecule has 0 radical (unpaired) electrons. The Kier molecular flexibility index (Phi) is 6.05. The second-order valence-corrected chi connectivity index (χ2v) is 13.9. The normalized spacial score (nSPS) is 11.9. The van der Waals surface area contributed by atoms with Gasteiger partial charge in [0.25, 0.3) is 0 Å². The summed E-state index contributed by atoms with van der Waals surface area (Å²) in [6.45, 7) is 0. The van der Waals surface area contributed by atoms with Crippen molar-refractivity contribution >= 4 is 75.3 Å². The lowest BCUT2D eigenvalue weighted by molar-refractivity contribution is 0.669. The molecular formula is C45H26N4OS. The highest BCUT2D eigenvalue weighted by atomic mass is 32.1. The van der Waals surface area contributed by atoms with E-state index in [0.717, 1.165) is 55.3 Å². The van der Waals surface area contributed by atoms with Gasteiger partial charge in [-0.05, 0) is 60.7 Å². The first kappa shape index (κ1) is 28.2. The van der Waals surface area contributed by atoms with Gasteiger partial charge >= 0.3 is 0 Å². The van der Waals surface area contributed by atoms with Gasteiger partial charge in [-0.3, -0.25) is 0 Å². The van der Waals surface area contributed by atoms with E-state index in [1.165, 1.54) is 30.9 Å². The molecule has 0 fully saturated rings. The summed E-state index contributed by atoms with van der Waals surface area (Å²) in [6, 6.07) is 55.1. The van der Waals surface area contributed by atoms with Crippen molar-refractivity contribution in [2.24, 2.45) is 0 Å². The summed E-state index contributed by atoms with van der Waals surface area (Å²) in [4.78, 5) is 15.5. The molecule has 5 nitrogen and oxygen atoms in total. The molecular weight excluding hydrogens is 645 g/mol. The number of rotatable bonds is 4. The summed E-state index contributed by atoms with van der Waals surface area (Å²) in [5.74, 6) is 1.87. The van der Waals surface area contributed by atoms with Crippen LogP contribution in [-0.2, 0) is 0 Å². The fourth-order valence-corrected chi connectivity index (χ4v) is 8.60. The maximum Gasteiger partial charge on any atom is 0.164 e. The van der Waals surface area contributed by atoms with Crippen LogP contribution >= 0.6 is 11.3 Å². The van der Waals surface area contributed by atoms with Crippen molar-refractivity contribution in [3.8, 4) is 39.9 Å². The van der Waals surface area contributed by atoms with E-state index in [0.29, 0.717) is 17.5 Å². The Bertz CT molecular complexity index is 3150. The molecule has 0 N–H and O–H groups in total. The van der Waals surface area contributed by atoms with Crippen LogP contribution in [0.15, 0.2) is 162 Å². The van der Waals surface area contributed by atoms with Crippen LogP contribution in [0.3, 0.4) is 0 Å². The summed E-state index contributed by atoms with van der Waals surface area (Å²) in [5, 5.41) is 7.00. The standard InChI is InChI=1S/C45H26N4OS/c1-2-10-30(11-3-1)49-37-15-7-4-12-31(37)32-21-18-28(25-38(32)49)44-46-43(27-20-23-40-36(24-27)33-13-5-8-16-39(33)50-40)47-45(48-44)29-19-22-35-34-14-6-9-17-41(34)51-42(35)26-29/h1-26H. The van der Waals surface area contributed by atoms with Gasteiger partial charge in [-0.1, -0.05) is 97.1 Å². The lowest BCUT2D eigenvalue weighted by Crippen LogP contribution is -2.00. The van der Waals surface area contributed by atoms with Gasteiger partial charge in [0.2, 0.25) is 0 Å². The minimum Gasteiger partial charge on any atom is -0.456 e. The quantitative estimate of drug-likeness (QED) is 0.187. The number of para-hydroxylation sites is 3. The SMILES string of the molecule is c1ccc(-n2c3ccccc3c3ccc(-c4nc(-c5ccc6c(c5)sc5ccccc56)nc(-c5ccc6oc7ccccc7c6c5)n4)cc32)cc1. The third-order valence-corrected chi connectivity index (χ3v) is 11.0. The zero-order chi connectivity index (χ0) is 33.5. The second kappa shape index (κ2) is 10.9. The lowest BCUT2D eigenvalue weighted by Gasteiger charge is -2.10. The van der Waals surface area contributed by atoms with Crippen LogP contribution in [0, 0.1) is 0 Å². The van der Waals surface area contributed by atoms with Crippen molar-refractivity contribution in [3.63, 3.8) is 0 Å². The molecule has 4 aromatic heterocycles. The maximum absolute atomic E-state index is 6.15. The molecule has 0 amide bonds. The van der Waals surface area contributed by atoms with Gasteiger partial charge in [-0.2, -0.15) is 0 Å². The Labute approximate surface area is 295 Å². The fourth-order valence-electron chi connectivity index (χ4n) is 7.46. The van der Waals surface area contributed by atoms with E-state index in [2.05, 4.69) is 132 Å². The van der Waals surface area contributed by atoms with Gasteiger partial charge in [0.15, 0.2) is 17.5 Å². The number of hydrogen-bond donors (Lipinski definition) is 0. The van der Waals surface area contributed by atoms with Crippen molar-refractivity contribution in [2.75, 3.05) is 0 Å². The van der Waals surface area contributed by atoms with Gasteiger partial charge in [0.05, 0.1) is 11.0 Å². The van der Waals surface area contributed by atoms with Crippen molar-refractivity contribution in [2.45, 2.75) is 0 Å². The minimum atomic E-state index is 0.613. The summed E-state index contributed by atoms with van der Waals surface area (Å²) in [5.41, 5.74) is 7.84. The second-order valence-electron chi connectivity index (χ2n) is 12.8. The zero-order valence-electron chi connectivity index (χ0n) is 27.1. The Morgan fingerprint density at radius 2 is 0.961 bits per heavy atom. The number of hydrogen-bond acceptors (Lipinski definition) is 5. The van der Waals surface area contributed by atoms with E-state index in [9.17, 15) is 0 Å². The van der Waals surface area contributed by atoms with Gasteiger partial charge in [-0.15, -0.1) is 11.3 Å². The molecule has 0 unspecified atom stereocenters. The van der Waals surface area contributed by atoms with Crippen LogP contribution in [0.25, 0.3) is 104 Å². The molecule has 4 heterocycles. The molecule has 0 atom stereocenters. The number of benzene rings is 7. The van der Waals surface area contributed by atoms with Gasteiger partial charge in [0, 0.05) is 64.1 Å². The minimum absolute atomic E-state index is 0.613. The largest absolute Gasteiger partial charge is 0.456 e.